The number of fused-ring (bicyclic) bond motifs is 1. The zero-order chi connectivity index (χ0) is 14.8. The number of nitriles is 1. The van der Waals surface area contributed by atoms with E-state index in [4.69, 9.17) is 5.26 Å². The van der Waals surface area contributed by atoms with Gasteiger partial charge in [-0.3, -0.25) is 9.36 Å². The number of rotatable bonds is 2. The van der Waals surface area contributed by atoms with Crippen molar-refractivity contribution in [2.24, 2.45) is 0 Å². The van der Waals surface area contributed by atoms with E-state index < -0.39 is 5.82 Å². The second-order valence-electron chi connectivity index (χ2n) is 4.61. The van der Waals surface area contributed by atoms with Gasteiger partial charge in [-0.05, 0) is 35.9 Å². The molecule has 0 saturated heterocycles. The predicted molar refractivity (Wildman–Crippen MR) is 76.2 cm³/mol. The number of para-hydroxylation sites is 1. The lowest BCUT2D eigenvalue weighted by Crippen LogP contribution is -2.21. The summed E-state index contributed by atoms with van der Waals surface area (Å²) in [5.41, 5.74) is 1.19. The van der Waals surface area contributed by atoms with E-state index in [1.807, 2.05) is 6.07 Å². The second-order valence-corrected chi connectivity index (χ2v) is 4.61. The fraction of sp³-hybridized carbons (Fsp3) is 0.0625. The Morgan fingerprint density at radius 2 is 2.05 bits per heavy atom. The van der Waals surface area contributed by atoms with Crippen LogP contribution in [0.1, 0.15) is 11.1 Å². The first-order valence-electron chi connectivity index (χ1n) is 6.32. The van der Waals surface area contributed by atoms with Gasteiger partial charge in [0.15, 0.2) is 0 Å². The Kier molecular flexibility index (Phi) is 3.20. The van der Waals surface area contributed by atoms with E-state index in [0.29, 0.717) is 22.0 Å². The third-order valence-electron chi connectivity index (χ3n) is 3.26. The van der Waals surface area contributed by atoms with Gasteiger partial charge >= 0.3 is 0 Å². The largest absolute Gasteiger partial charge is 0.294 e. The number of halogens is 1. The first-order valence-corrected chi connectivity index (χ1v) is 6.32. The minimum absolute atomic E-state index is 0.108. The van der Waals surface area contributed by atoms with Gasteiger partial charge in [0, 0.05) is 0 Å². The molecule has 0 aliphatic rings. The van der Waals surface area contributed by atoms with E-state index in [1.54, 1.807) is 24.3 Å². The lowest BCUT2D eigenvalue weighted by Gasteiger charge is -2.08. The number of benzene rings is 2. The average molecular weight is 279 g/mol. The maximum atomic E-state index is 13.3. The molecule has 2 aromatic carbocycles. The van der Waals surface area contributed by atoms with Gasteiger partial charge in [-0.1, -0.05) is 12.1 Å². The van der Waals surface area contributed by atoms with Gasteiger partial charge < -0.3 is 0 Å². The van der Waals surface area contributed by atoms with Crippen LogP contribution < -0.4 is 5.56 Å². The third kappa shape index (κ3) is 2.39. The van der Waals surface area contributed by atoms with Crippen LogP contribution in [-0.2, 0) is 6.54 Å². The molecule has 0 aliphatic heterocycles. The molecule has 0 bridgehead atoms. The number of hydrogen-bond donors (Lipinski definition) is 0. The van der Waals surface area contributed by atoms with E-state index in [9.17, 15) is 9.18 Å². The van der Waals surface area contributed by atoms with Gasteiger partial charge in [0.05, 0.1) is 35.4 Å². The van der Waals surface area contributed by atoms with Crippen molar-refractivity contribution in [1.82, 2.24) is 9.55 Å². The molecule has 21 heavy (non-hydrogen) atoms. The Morgan fingerprint density at radius 1 is 1.24 bits per heavy atom. The number of hydrogen-bond acceptors (Lipinski definition) is 3. The van der Waals surface area contributed by atoms with E-state index >= 15 is 0 Å². The molecular formula is C16H10FN3O. The van der Waals surface area contributed by atoms with Crippen LogP contribution in [0.3, 0.4) is 0 Å². The molecule has 5 heteroatoms. The minimum atomic E-state index is -0.439. The Hall–Kier alpha value is -3.00. The average Bonchev–Trinajstić information content (AvgIpc) is 2.51. The Balaban J connectivity index is 2.11. The highest BCUT2D eigenvalue weighted by molar-refractivity contribution is 5.76. The van der Waals surface area contributed by atoms with Gasteiger partial charge in [0.2, 0.25) is 0 Å². The van der Waals surface area contributed by atoms with E-state index in [-0.39, 0.29) is 12.1 Å². The lowest BCUT2D eigenvalue weighted by atomic mass is 10.1. The highest BCUT2D eigenvalue weighted by Crippen LogP contribution is 2.12. The Morgan fingerprint density at radius 3 is 2.86 bits per heavy atom. The molecule has 0 saturated carbocycles. The van der Waals surface area contributed by atoms with E-state index in [2.05, 4.69) is 4.98 Å². The number of aromatic nitrogens is 2. The fourth-order valence-electron chi connectivity index (χ4n) is 2.20. The maximum absolute atomic E-state index is 13.3. The molecule has 0 amide bonds. The molecule has 0 N–H and O–H groups in total. The minimum Gasteiger partial charge on any atom is -0.294 e. The van der Waals surface area contributed by atoms with Crippen molar-refractivity contribution in [2.45, 2.75) is 6.54 Å². The summed E-state index contributed by atoms with van der Waals surface area (Å²) < 4.78 is 14.7. The van der Waals surface area contributed by atoms with Crippen LogP contribution in [0.25, 0.3) is 10.9 Å². The molecule has 1 aromatic heterocycles. The molecule has 0 spiro atoms. The smallest absolute Gasteiger partial charge is 0.261 e. The van der Waals surface area contributed by atoms with Gasteiger partial charge in [0.25, 0.3) is 5.56 Å². The third-order valence-corrected chi connectivity index (χ3v) is 3.26. The highest BCUT2D eigenvalue weighted by Gasteiger charge is 2.08. The molecule has 3 rings (SSSR count). The van der Waals surface area contributed by atoms with Gasteiger partial charge in [-0.15, -0.1) is 0 Å². The summed E-state index contributed by atoms with van der Waals surface area (Å²) in [7, 11) is 0. The van der Waals surface area contributed by atoms with Crippen LogP contribution in [-0.4, -0.2) is 9.55 Å². The quantitative estimate of drug-likeness (QED) is 0.724. The maximum Gasteiger partial charge on any atom is 0.261 e. The molecule has 0 unspecified atom stereocenters. The monoisotopic (exact) mass is 279 g/mol. The van der Waals surface area contributed by atoms with Crippen molar-refractivity contribution in [3.63, 3.8) is 0 Å². The van der Waals surface area contributed by atoms with Crippen molar-refractivity contribution in [2.75, 3.05) is 0 Å². The summed E-state index contributed by atoms with van der Waals surface area (Å²) in [6.07, 6.45) is 1.41. The van der Waals surface area contributed by atoms with E-state index in [0.717, 1.165) is 0 Å². The molecule has 4 nitrogen and oxygen atoms in total. The molecule has 102 valence electrons. The van der Waals surface area contributed by atoms with Gasteiger partial charge in [-0.25, -0.2) is 9.37 Å². The van der Waals surface area contributed by atoms with Crippen molar-refractivity contribution < 1.29 is 4.39 Å². The highest BCUT2D eigenvalue weighted by atomic mass is 19.1. The Labute approximate surface area is 119 Å². The summed E-state index contributed by atoms with van der Waals surface area (Å²) in [4.78, 5) is 16.6. The molecule has 0 aliphatic carbocycles. The molecule has 0 radical (unpaired) electrons. The standard InChI is InChI=1S/C16H10FN3O/c17-13-6-5-11(8-18)12(7-13)9-20-10-19-15-4-2-1-3-14(15)16(20)21/h1-7,10H,9H2. The summed E-state index contributed by atoms with van der Waals surface area (Å²) in [6, 6.07) is 12.9. The van der Waals surface area contributed by atoms with E-state index in [1.165, 1.54) is 29.1 Å². The summed E-state index contributed by atoms with van der Waals surface area (Å²) in [6.45, 7) is 0.108. The van der Waals surface area contributed by atoms with Crippen LogP contribution in [0, 0.1) is 17.1 Å². The second kappa shape index (κ2) is 5.17. The fourth-order valence-corrected chi connectivity index (χ4v) is 2.20. The van der Waals surface area contributed by atoms with Gasteiger partial charge in [0.1, 0.15) is 5.82 Å². The predicted octanol–water partition coefficient (Wildman–Crippen LogP) is 2.46. The van der Waals surface area contributed by atoms with Crippen LogP contribution in [0.4, 0.5) is 4.39 Å². The van der Waals surface area contributed by atoms with Crippen LogP contribution in [0.2, 0.25) is 0 Å². The first-order chi connectivity index (χ1) is 10.2. The summed E-state index contributed by atoms with van der Waals surface area (Å²) in [5.74, 6) is -0.439. The zero-order valence-electron chi connectivity index (χ0n) is 11.0. The molecule has 3 aromatic rings. The summed E-state index contributed by atoms with van der Waals surface area (Å²) >= 11 is 0. The van der Waals surface area contributed by atoms with Crippen LogP contribution >= 0.6 is 0 Å². The normalized spacial score (nSPS) is 10.5. The van der Waals surface area contributed by atoms with Crippen molar-refractivity contribution in [1.29, 1.82) is 5.26 Å². The first kappa shape index (κ1) is 13.0. The lowest BCUT2D eigenvalue weighted by molar-refractivity contribution is 0.622. The molecular weight excluding hydrogens is 269 g/mol. The molecule has 1 heterocycles. The molecule has 0 atom stereocenters. The van der Waals surface area contributed by atoms with Crippen molar-refractivity contribution in [3.8, 4) is 6.07 Å². The topological polar surface area (TPSA) is 58.7 Å². The Bertz CT molecular complexity index is 925. The number of nitrogens with zero attached hydrogens (tertiary/aromatic N) is 3. The van der Waals surface area contributed by atoms with Gasteiger partial charge in [-0.2, -0.15) is 5.26 Å². The SMILES string of the molecule is N#Cc1ccc(F)cc1Cn1cnc2ccccc2c1=O. The zero-order valence-corrected chi connectivity index (χ0v) is 11.0. The summed E-state index contributed by atoms with van der Waals surface area (Å²) in [5, 5.41) is 9.55. The van der Waals surface area contributed by atoms with Crippen LogP contribution in [0.5, 0.6) is 0 Å². The van der Waals surface area contributed by atoms with Crippen LogP contribution in [0.15, 0.2) is 53.6 Å². The molecule has 0 fully saturated rings. The van der Waals surface area contributed by atoms with Crippen molar-refractivity contribution in [3.05, 3.63) is 76.1 Å². The van der Waals surface area contributed by atoms with Crippen molar-refractivity contribution >= 4 is 10.9 Å².